The molecule has 1 heterocycles. The molecule has 1 aliphatic rings. The summed E-state index contributed by atoms with van der Waals surface area (Å²) in [7, 11) is 0. The molecule has 2 rings (SSSR count). The second-order valence-electron chi connectivity index (χ2n) is 4.48. The molecule has 1 aliphatic heterocycles. The number of carbonyl (C=O) groups is 2. The number of rotatable bonds is 3. The number of nitro benzene ring substituents is 1. The fourth-order valence-corrected chi connectivity index (χ4v) is 2.45. The van der Waals surface area contributed by atoms with Gasteiger partial charge in [-0.2, -0.15) is 0 Å². The normalized spacial score (nSPS) is 18.1. The summed E-state index contributed by atoms with van der Waals surface area (Å²) in [6.45, 7) is 0.380. The number of likely N-dealkylation sites (tertiary alicyclic amines) is 1. The van der Waals surface area contributed by atoms with Gasteiger partial charge in [0.05, 0.1) is 15.5 Å². The molecule has 8 heteroatoms. The van der Waals surface area contributed by atoms with E-state index in [4.69, 9.17) is 17.3 Å². The van der Waals surface area contributed by atoms with E-state index in [0.717, 1.165) is 6.07 Å². The number of non-ortho nitro benzene ring substituents is 1. The van der Waals surface area contributed by atoms with Crippen molar-refractivity contribution in [1.82, 2.24) is 4.90 Å². The molecule has 0 aliphatic carbocycles. The standard InChI is InChI=1S/C12H12ClN3O4/c13-9-4-3-7(16(19)20)6-8(9)12(18)15-5-1-2-10(15)11(14)17/h3-4,6,10H,1-2,5H2,(H2,14,17). The average molecular weight is 298 g/mol. The SMILES string of the molecule is NC(=O)C1CCCN1C(=O)c1cc([N+](=O)[O-])ccc1Cl. The van der Waals surface area contributed by atoms with Crippen LogP contribution in [0.4, 0.5) is 5.69 Å². The van der Waals surface area contributed by atoms with Crippen molar-refractivity contribution in [3.05, 3.63) is 38.9 Å². The molecule has 20 heavy (non-hydrogen) atoms. The first-order chi connectivity index (χ1) is 9.41. The predicted octanol–water partition coefficient (Wildman–Crippen LogP) is 1.34. The number of halogens is 1. The van der Waals surface area contributed by atoms with Crippen LogP contribution in [0.15, 0.2) is 18.2 Å². The third-order valence-electron chi connectivity index (χ3n) is 3.23. The Balaban J connectivity index is 2.35. The summed E-state index contributed by atoms with van der Waals surface area (Å²) in [5.74, 6) is -1.10. The Bertz CT molecular complexity index is 590. The van der Waals surface area contributed by atoms with Gasteiger partial charge in [-0.3, -0.25) is 19.7 Å². The summed E-state index contributed by atoms with van der Waals surface area (Å²) >= 11 is 5.92. The first-order valence-corrected chi connectivity index (χ1v) is 6.34. The Kier molecular flexibility index (Phi) is 3.89. The van der Waals surface area contributed by atoms with E-state index in [9.17, 15) is 19.7 Å². The lowest BCUT2D eigenvalue weighted by Crippen LogP contribution is -2.43. The number of primary amides is 1. The molecule has 0 radical (unpaired) electrons. The van der Waals surface area contributed by atoms with E-state index < -0.39 is 22.8 Å². The molecule has 1 unspecified atom stereocenters. The number of amides is 2. The largest absolute Gasteiger partial charge is 0.368 e. The molecule has 7 nitrogen and oxygen atoms in total. The van der Waals surface area contributed by atoms with Gasteiger partial charge in [0, 0.05) is 18.7 Å². The Morgan fingerprint density at radius 3 is 2.75 bits per heavy atom. The molecule has 0 saturated carbocycles. The minimum absolute atomic E-state index is 0.00835. The number of hydrogen-bond acceptors (Lipinski definition) is 4. The lowest BCUT2D eigenvalue weighted by atomic mass is 10.1. The maximum Gasteiger partial charge on any atom is 0.270 e. The molecule has 106 valence electrons. The number of carbonyl (C=O) groups excluding carboxylic acids is 2. The molecular weight excluding hydrogens is 286 g/mol. The maximum absolute atomic E-state index is 12.4. The molecule has 1 aromatic rings. The van der Waals surface area contributed by atoms with Gasteiger partial charge in [0.15, 0.2) is 0 Å². The maximum atomic E-state index is 12.4. The van der Waals surface area contributed by atoms with Crippen molar-refractivity contribution in [2.24, 2.45) is 5.73 Å². The molecule has 1 saturated heterocycles. The highest BCUT2D eigenvalue weighted by Gasteiger charge is 2.34. The van der Waals surface area contributed by atoms with E-state index in [0.29, 0.717) is 19.4 Å². The molecule has 2 N–H and O–H groups in total. The van der Waals surface area contributed by atoms with Gasteiger partial charge < -0.3 is 10.6 Å². The molecule has 0 bridgehead atoms. The average Bonchev–Trinajstić information content (AvgIpc) is 2.87. The quantitative estimate of drug-likeness (QED) is 0.671. The smallest absolute Gasteiger partial charge is 0.270 e. The van der Waals surface area contributed by atoms with E-state index >= 15 is 0 Å². The highest BCUT2D eigenvalue weighted by atomic mass is 35.5. The second kappa shape index (κ2) is 5.46. The summed E-state index contributed by atoms with van der Waals surface area (Å²) < 4.78 is 0. The fourth-order valence-electron chi connectivity index (χ4n) is 2.25. The Hall–Kier alpha value is -2.15. The van der Waals surface area contributed by atoms with E-state index in [1.54, 1.807) is 0 Å². The van der Waals surface area contributed by atoms with Crippen molar-refractivity contribution >= 4 is 29.1 Å². The first kappa shape index (κ1) is 14.3. The Morgan fingerprint density at radius 2 is 2.15 bits per heavy atom. The number of nitro groups is 1. The van der Waals surface area contributed by atoms with E-state index in [1.807, 2.05) is 0 Å². The van der Waals surface area contributed by atoms with Crippen molar-refractivity contribution in [3.8, 4) is 0 Å². The van der Waals surface area contributed by atoms with Crippen molar-refractivity contribution < 1.29 is 14.5 Å². The predicted molar refractivity (Wildman–Crippen MR) is 71.4 cm³/mol. The highest BCUT2D eigenvalue weighted by molar-refractivity contribution is 6.34. The molecular formula is C12H12ClN3O4. The number of benzene rings is 1. The van der Waals surface area contributed by atoms with Crippen LogP contribution in [0.1, 0.15) is 23.2 Å². The van der Waals surface area contributed by atoms with Crippen LogP contribution in [0.5, 0.6) is 0 Å². The molecule has 0 aromatic heterocycles. The van der Waals surface area contributed by atoms with Gasteiger partial charge in [-0.05, 0) is 18.9 Å². The van der Waals surface area contributed by atoms with Crippen LogP contribution in [-0.4, -0.2) is 34.2 Å². The van der Waals surface area contributed by atoms with Gasteiger partial charge >= 0.3 is 0 Å². The Labute approximate surface area is 119 Å². The van der Waals surface area contributed by atoms with E-state index in [1.165, 1.54) is 17.0 Å². The van der Waals surface area contributed by atoms with Gasteiger partial charge in [0.2, 0.25) is 5.91 Å². The monoisotopic (exact) mass is 297 g/mol. The van der Waals surface area contributed by atoms with Gasteiger partial charge in [0.1, 0.15) is 6.04 Å². The van der Waals surface area contributed by atoms with Crippen LogP contribution in [-0.2, 0) is 4.79 Å². The number of nitrogens with two attached hydrogens (primary N) is 1. The summed E-state index contributed by atoms with van der Waals surface area (Å²) in [4.78, 5) is 35.1. The molecule has 1 aromatic carbocycles. The van der Waals surface area contributed by atoms with Crippen LogP contribution in [0.25, 0.3) is 0 Å². The van der Waals surface area contributed by atoms with E-state index in [2.05, 4.69) is 0 Å². The topological polar surface area (TPSA) is 107 Å². The molecule has 2 amide bonds. The molecule has 0 spiro atoms. The van der Waals surface area contributed by atoms with Crippen molar-refractivity contribution in [2.45, 2.75) is 18.9 Å². The van der Waals surface area contributed by atoms with Gasteiger partial charge in [-0.25, -0.2) is 0 Å². The lowest BCUT2D eigenvalue weighted by Gasteiger charge is -2.22. The second-order valence-corrected chi connectivity index (χ2v) is 4.89. The summed E-state index contributed by atoms with van der Waals surface area (Å²) in [6.07, 6.45) is 1.15. The van der Waals surface area contributed by atoms with Crippen LogP contribution < -0.4 is 5.73 Å². The Morgan fingerprint density at radius 1 is 1.45 bits per heavy atom. The fraction of sp³-hybridized carbons (Fsp3) is 0.333. The highest BCUT2D eigenvalue weighted by Crippen LogP contribution is 2.26. The van der Waals surface area contributed by atoms with Gasteiger partial charge in [0.25, 0.3) is 11.6 Å². The summed E-state index contributed by atoms with van der Waals surface area (Å²) in [5.41, 5.74) is 5.03. The molecule has 1 fully saturated rings. The number of hydrogen-bond donors (Lipinski definition) is 1. The van der Waals surface area contributed by atoms with Crippen LogP contribution in [0.3, 0.4) is 0 Å². The van der Waals surface area contributed by atoms with Crippen LogP contribution in [0, 0.1) is 10.1 Å². The minimum Gasteiger partial charge on any atom is -0.368 e. The minimum atomic E-state index is -0.683. The zero-order chi connectivity index (χ0) is 14.9. The van der Waals surface area contributed by atoms with Crippen molar-refractivity contribution in [3.63, 3.8) is 0 Å². The summed E-state index contributed by atoms with van der Waals surface area (Å²) in [5, 5.41) is 10.9. The van der Waals surface area contributed by atoms with Crippen molar-refractivity contribution in [1.29, 1.82) is 0 Å². The zero-order valence-corrected chi connectivity index (χ0v) is 11.2. The molecule has 1 atom stereocenters. The van der Waals surface area contributed by atoms with Crippen molar-refractivity contribution in [2.75, 3.05) is 6.54 Å². The van der Waals surface area contributed by atoms with Gasteiger partial charge in [-0.1, -0.05) is 11.6 Å². The van der Waals surface area contributed by atoms with Crippen LogP contribution in [0.2, 0.25) is 5.02 Å². The van der Waals surface area contributed by atoms with E-state index in [-0.39, 0.29) is 16.3 Å². The third kappa shape index (κ3) is 2.57. The lowest BCUT2D eigenvalue weighted by molar-refractivity contribution is -0.384. The summed E-state index contributed by atoms with van der Waals surface area (Å²) in [6, 6.07) is 2.94. The number of nitrogens with zero attached hydrogens (tertiary/aromatic N) is 2. The van der Waals surface area contributed by atoms with Crippen LogP contribution >= 0.6 is 11.6 Å². The third-order valence-corrected chi connectivity index (χ3v) is 3.56. The zero-order valence-electron chi connectivity index (χ0n) is 10.4. The first-order valence-electron chi connectivity index (χ1n) is 5.96. The van der Waals surface area contributed by atoms with Gasteiger partial charge in [-0.15, -0.1) is 0 Å².